The number of alkyl halides is 9. The molecule has 3 aromatic rings. The molecule has 5 rings (SSSR count). The molecule has 0 bridgehead atoms. The van der Waals surface area contributed by atoms with Crippen molar-refractivity contribution >= 4 is 23.8 Å². The number of hydrogen-bond acceptors (Lipinski definition) is 9. The second-order valence-corrected chi connectivity index (χ2v) is 10.6. The van der Waals surface area contributed by atoms with Crippen molar-refractivity contribution in [3.63, 3.8) is 0 Å². The fraction of sp³-hybridized carbons (Fsp3) is 0.367. The molecule has 5 heterocycles. The number of nitrogens with zero attached hydrogens (tertiary/aromatic N) is 5. The van der Waals surface area contributed by atoms with Gasteiger partial charge in [0, 0.05) is 75.8 Å². The van der Waals surface area contributed by atoms with E-state index in [2.05, 4.69) is 19.9 Å². The summed E-state index contributed by atoms with van der Waals surface area (Å²) in [7, 11) is 0. The number of carboxylic acid groups (broad SMARTS) is 3. The summed E-state index contributed by atoms with van der Waals surface area (Å²) in [6.45, 7) is 3.73. The number of halogens is 9. The predicted octanol–water partition coefficient (Wildman–Crippen LogP) is 4.17. The van der Waals surface area contributed by atoms with Crippen LogP contribution < -0.4 is 0 Å². The van der Waals surface area contributed by atoms with E-state index in [9.17, 15) is 44.3 Å². The van der Waals surface area contributed by atoms with Gasteiger partial charge in [-0.15, -0.1) is 0 Å². The molecule has 1 amide bonds. The molecule has 2 aliphatic rings. The van der Waals surface area contributed by atoms with E-state index >= 15 is 0 Å². The number of ether oxygens (including phenoxy) is 1. The summed E-state index contributed by atoms with van der Waals surface area (Å²) in [4.78, 5) is 57.3. The maximum Gasteiger partial charge on any atom is 0.490 e. The molecule has 0 aliphatic carbocycles. The zero-order chi connectivity index (χ0) is 39.3. The molecule has 0 radical (unpaired) electrons. The van der Waals surface area contributed by atoms with Gasteiger partial charge in [0.05, 0.1) is 6.61 Å². The van der Waals surface area contributed by atoms with E-state index in [-0.39, 0.29) is 11.8 Å². The molecule has 13 nitrogen and oxygen atoms in total. The van der Waals surface area contributed by atoms with Crippen LogP contribution in [0.1, 0.15) is 22.6 Å². The first-order valence-electron chi connectivity index (χ1n) is 14.3. The molecule has 22 heteroatoms. The van der Waals surface area contributed by atoms with Crippen LogP contribution >= 0.6 is 0 Å². The molecule has 3 N–H and O–H groups in total. The van der Waals surface area contributed by atoms with Crippen molar-refractivity contribution in [2.24, 2.45) is 0 Å². The second kappa shape index (κ2) is 18.2. The highest BCUT2D eigenvalue weighted by molar-refractivity contribution is 5.88. The number of morpholine rings is 1. The average Bonchev–Trinajstić information content (AvgIpc) is 3.42. The summed E-state index contributed by atoms with van der Waals surface area (Å²) in [6, 6.07) is 11.9. The number of pyridine rings is 3. The lowest BCUT2D eigenvalue weighted by molar-refractivity contribution is -0.193. The van der Waals surface area contributed by atoms with Gasteiger partial charge in [-0.1, -0.05) is 6.07 Å². The van der Waals surface area contributed by atoms with E-state index in [1.165, 1.54) is 5.56 Å². The largest absolute Gasteiger partial charge is 0.490 e. The van der Waals surface area contributed by atoms with Gasteiger partial charge >= 0.3 is 36.4 Å². The van der Waals surface area contributed by atoms with Crippen molar-refractivity contribution in [3.05, 3.63) is 90.3 Å². The van der Waals surface area contributed by atoms with Gasteiger partial charge in [-0.25, -0.2) is 14.4 Å². The standard InChI is InChI=1S/C24H25N5O2.3C2HF3O2/c30-23-24(31-13-12-29(23)16-20-5-10-26-11-6-20)18-28(15-19-3-8-25-9-4-19)17-22(24)21-2-1-7-27-14-21;3*3-2(4,5)1(6)7/h1-11,14,22H,12-13,15-18H2;3*(H,6,7). The summed E-state index contributed by atoms with van der Waals surface area (Å²) in [5.41, 5.74) is 2.39. The Morgan fingerprint density at radius 2 is 1.17 bits per heavy atom. The summed E-state index contributed by atoms with van der Waals surface area (Å²) in [6.07, 6.45) is -4.49. The first-order valence-corrected chi connectivity index (χ1v) is 14.3. The third-order valence-corrected chi connectivity index (χ3v) is 6.92. The van der Waals surface area contributed by atoms with Gasteiger partial charge in [0.2, 0.25) is 0 Å². The van der Waals surface area contributed by atoms with Crippen molar-refractivity contribution in [1.82, 2.24) is 24.8 Å². The Balaban J connectivity index is 0.000000365. The minimum absolute atomic E-state index is 0.0571. The molecule has 52 heavy (non-hydrogen) atoms. The molecule has 2 fully saturated rings. The predicted molar refractivity (Wildman–Crippen MR) is 156 cm³/mol. The number of aromatic nitrogens is 3. The minimum atomic E-state index is -5.08. The Bertz CT molecular complexity index is 1560. The summed E-state index contributed by atoms with van der Waals surface area (Å²) < 4.78 is 102. The van der Waals surface area contributed by atoms with Crippen LogP contribution in [0.3, 0.4) is 0 Å². The number of likely N-dealkylation sites (tertiary alicyclic amines) is 1. The highest BCUT2D eigenvalue weighted by atomic mass is 19.4. The van der Waals surface area contributed by atoms with Crippen LogP contribution in [0, 0.1) is 0 Å². The van der Waals surface area contributed by atoms with Gasteiger partial charge in [0.1, 0.15) is 0 Å². The van der Waals surface area contributed by atoms with Crippen LogP contribution in [0.25, 0.3) is 0 Å². The molecule has 3 aromatic heterocycles. The monoisotopic (exact) mass is 757 g/mol. The minimum Gasteiger partial charge on any atom is -0.475 e. The quantitative estimate of drug-likeness (QED) is 0.317. The Hall–Kier alpha value is -5.38. The molecular formula is C30H28F9N5O8. The number of amides is 1. The van der Waals surface area contributed by atoms with Gasteiger partial charge in [0.25, 0.3) is 5.91 Å². The van der Waals surface area contributed by atoms with Crippen molar-refractivity contribution in [3.8, 4) is 0 Å². The molecule has 2 atom stereocenters. The molecule has 2 aliphatic heterocycles. The van der Waals surface area contributed by atoms with E-state index < -0.39 is 42.0 Å². The third-order valence-electron chi connectivity index (χ3n) is 6.92. The number of hydrogen-bond donors (Lipinski definition) is 3. The Labute approximate surface area is 287 Å². The fourth-order valence-corrected chi connectivity index (χ4v) is 4.73. The molecule has 0 saturated carbocycles. The molecule has 0 aromatic carbocycles. The number of carboxylic acids is 3. The van der Waals surface area contributed by atoms with Crippen molar-refractivity contribution < 1.29 is 78.7 Å². The zero-order valence-corrected chi connectivity index (χ0v) is 26.3. The highest BCUT2D eigenvalue weighted by Crippen LogP contribution is 2.42. The Morgan fingerprint density at radius 3 is 1.58 bits per heavy atom. The lowest BCUT2D eigenvalue weighted by Gasteiger charge is -2.42. The Morgan fingerprint density at radius 1 is 0.731 bits per heavy atom. The van der Waals surface area contributed by atoms with Gasteiger partial charge in [-0.05, 0) is 47.0 Å². The lowest BCUT2D eigenvalue weighted by Crippen LogP contribution is -2.59. The van der Waals surface area contributed by atoms with Gasteiger partial charge in [0.15, 0.2) is 5.60 Å². The number of rotatable bonds is 5. The fourth-order valence-electron chi connectivity index (χ4n) is 4.73. The van der Waals surface area contributed by atoms with Crippen LogP contribution in [0.5, 0.6) is 0 Å². The topological polar surface area (TPSA) is 183 Å². The molecule has 284 valence electrons. The summed E-state index contributed by atoms with van der Waals surface area (Å²) in [5, 5.41) is 21.4. The molecule has 2 saturated heterocycles. The smallest absolute Gasteiger partial charge is 0.475 e. The van der Waals surface area contributed by atoms with Crippen molar-refractivity contribution in [2.75, 3.05) is 26.2 Å². The van der Waals surface area contributed by atoms with Gasteiger partial charge in [-0.2, -0.15) is 39.5 Å². The van der Waals surface area contributed by atoms with E-state index in [0.717, 1.165) is 24.2 Å². The maximum absolute atomic E-state index is 13.9. The average molecular weight is 758 g/mol. The second-order valence-electron chi connectivity index (χ2n) is 10.6. The van der Waals surface area contributed by atoms with Crippen molar-refractivity contribution in [2.45, 2.75) is 43.1 Å². The van der Waals surface area contributed by atoms with Gasteiger partial charge in [-0.3, -0.25) is 24.6 Å². The van der Waals surface area contributed by atoms with E-state index in [0.29, 0.717) is 26.2 Å². The SMILES string of the molecule is O=C(O)C(F)(F)F.O=C(O)C(F)(F)F.O=C(O)C(F)(F)F.O=C1N(Cc2ccncc2)CCOC12CN(Cc1ccncc1)CC2c1cccnc1. The van der Waals surface area contributed by atoms with Crippen LogP contribution in [0.4, 0.5) is 39.5 Å². The Kier molecular flexibility index (Phi) is 15.0. The maximum atomic E-state index is 13.9. The molecule has 1 spiro atoms. The van der Waals surface area contributed by atoms with Crippen LogP contribution in [-0.4, -0.2) is 114 Å². The summed E-state index contributed by atoms with van der Waals surface area (Å²) in [5.74, 6) is -8.29. The highest BCUT2D eigenvalue weighted by Gasteiger charge is 2.57. The molecular weight excluding hydrogens is 729 g/mol. The van der Waals surface area contributed by atoms with E-state index in [4.69, 9.17) is 34.4 Å². The van der Waals surface area contributed by atoms with Crippen LogP contribution in [0.2, 0.25) is 0 Å². The normalized spacial score (nSPS) is 18.9. The molecule has 2 unspecified atom stereocenters. The number of carbonyl (C=O) groups is 4. The number of carbonyl (C=O) groups excluding carboxylic acids is 1. The lowest BCUT2D eigenvalue weighted by atomic mass is 9.83. The van der Waals surface area contributed by atoms with Crippen LogP contribution in [0.15, 0.2) is 73.6 Å². The van der Waals surface area contributed by atoms with E-state index in [1.54, 1.807) is 31.0 Å². The van der Waals surface area contributed by atoms with Crippen LogP contribution in [-0.2, 0) is 37.0 Å². The first kappa shape index (κ1) is 42.8. The number of aliphatic carboxylic acids is 3. The van der Waals surface area contributed by atoms with Crippen molar-refractivity contribution in [1.29, 1.82) is 0 Å². The summed E-state index contributed by atoms with van der Waals surface area (Å²) >= 11 is 0. The van der Waals surface area contributed by atoms with Gasteiger partial charge < -0.3 is 25.0 Å². The third kappa shape index (κ3) is 13.1. The van der Waals surface area contributed by atoms with E-state index in [1.807, 2.05) is 47.5 Å². The zero-order valence-electron chi connectivity index (χ0n) is 26.3. The first-order chi connectivity index (χ1) is 24.1.